The highest BCUT2D eigenvalue weighted by Crippen LogP contribution is 2.30. The zero-order chi connectivity index (χ0) is 27.9. The Morgan fingerprint density at radius 1 is 0.895 bits per heavy atom. The van der Waals surface area contributed by atoms with E-state index in [2.05, 4.69) is 5.32 Å². The summed E-state index contributed by atoms with van der Waals surface area (Å²) >= 11 is 6.41. The number of carbonyl (C=O) groups excluding carboxylic acids is 2. The number of hydrogen-bond acceptors (Lipinski definition) is 4. The molecule has 0 saturated carbocycles. The lowest BCUT2D eigenvalue weighted by Crippen LogP contribution is -2.51. The number of sulfonamides is 1. The van der Waals surface area contributed by atoms with Crippen LogP contribution in [0, 0.1) is 12.8 Å². The summed E-state index contributed by atoms with van der Waals surface area (Å²) in [5, 5.41) is 3.06. The topological polar surface area (TPSA) is 86.8 Å². The van der Waals surface area contributed by atoms with Gasteiger partial charge in [-0.2, -0.15) is 0 Å². The molecule has 0 spiro atoms. The van der Waals surface area contributed by atoms with E-state index >= 15 is 0 Å². The molecule has 1 atom stereocenters. The Labute approximate surface area is 230 Å². The van der Waals surface area contributed by atoms with Gasteiger partial charge in [-0.3, -0.25) is 13.9 Å². The van der Waals surface area contributed by atoms with Gasteiger partial charge < -0.3 is 10.2 Å². The molecule has 0 radical (unpaired) electrons. The predicted molar refractivity (Wildman–Crippen MR) is 151 cm³/mol. The molecule has 3 aromatic rings. The fraction of sp³-hybridized carbons (Fsp3) is 0.310. The molecule has 0 fully saturated rings. The van der Waals surface area contributed by atoms with Crippen LogP contribution in [0.2, 0.25) is 5.02 Å². The molecule has 0 saturated heterocycles. The standard InChI is InChI=1S/C29H34ClN3O4S/c1-21(2)18-31-29(35)23(4)32(19-24-16-14-22(3)15-17-24)28(34)20-33(27-13-9-8-12-26(27)30)38(36,37)25-10-6-5-7-11-25/h5-17,21,23H,18-20H2,1-4H3,(H,31,35). The molecule has 0 bridgehead atoms. The normalized spacial score (nSPS) is 12.2. The number of benzene rings is 3. The highest BCUT2D eigenvalue weighted by atomic mass is 35.5. The van der Waals surface area contributed by atoms with E-state index in [0.717, 1.165) is 15.4 Å². The molecule has 3 rings (SSSR count). The summed E-state index contributed by atoms with van der Waals surface area (Å²) in [4.78, 5) is 28.3. The van der Waals surface area contributed by atoms with Crippen LogP contribution in [0.3, 0.4) is 0 Å². The third kappa shape index (κ3) is 7.36. The minimum atomic E-state index is -4.15. The zero-order valence-electron chi connectivity index (χ0n) is 22.1. The number of carbonyl (C=O) groups is 2. The monoisotopic (exact) mass is 555 g/mol. The maximum atomic E-state index is 13.9. The van der Waals surface area contributed by atoms with Crippen molar-refractivity contribution in [3.05, 3.63) is 95.0 Å². The van der Waals surface area contributed by atoms with E-state index in [-0.39, 0.29) is 34.0 Å². The van der Waals surface area contributed by atoms with Crippen LogP contribution < -0.4 is 9.62 Å². The Hall–Kier alpha value is -3.36. The summed E-state index contributed by atoms with van der Waals surface area (Å²) in [7, 11) is -4.15. The van der Waals surface area contributed by atoms with Gasteiger partial charge in [0.1, 0.15) is 12.6 Å². The lowest BCUT2D eigenvalue weighted by atomic mass is 10.1. The van der Waals surface area contributed by atoms with E-state index in [1.165, 1.54) is 17.0 Å². The van der Waals surface area contributed by atoms with E-state index < -0.39 is 28.5 Å². The van der Waals surface area contributed by atoms with Gasteiger partial charge in [0.15, 0.2) is 0 Å². The number of nitrogens with zero attached hydrogens (tertiary/aromatic N) is 2. The molecule has 0 aliphatic heterocycles. The van der Waals surface area contributed by atoms with Crippen LogP contribution in [0.1, 0.15) is 31.9 Å². The molecule has 2 amide bonds. The zero-order valence-corrected chi connectivity index (χ0v) is 23.7. The molecule has 7 nitrogen and oxygen atoms in total. The van der Waals surface area contributed by atoms with Crippen LogP contribution >= 0.6 is 11.6 Å². The summed E-state index contributed by atoms with van der Waals surface area (Å²) in [6.45, 7) is 7.64. The number of amides is 2. The third-order valence-corrected chi connectivity index (χ3v) is 8.15. The molecule has 0 aliphatic carbocycles. The lowest BCUT2D eigenvalue weighted by molar-refractivity contribution is -0.139. The van der Waals surface area contributed by atoms with Gasteiger partial charge in [-0.25, -0.2) is 8.42 Å². The smallest absolute Gasteiger partial charge is 0.264 e. The van der Waals surface area contributed by atoms with E-state index in [1.54, 1.807) is 49.4 Å². The SMILES string of the molecule is Cc1ccc(CN(C(=O)CN(c2ccccc2Cl)S(=O)(=O)c2ccccc2)C(C)C(=O)NCC(C)C)cc1. The van der Waals surface area contributed by atoms with E-state index in [0.29, 0.717) is 6.54 Å². The second-order valence-corrected chi connectivity index (χ2v) is 11.9. The fourth-order valence-corrected chi connectivity index (χ4v) is 5.55. The van der Waals surface area contributed by atoms with Gasteiger partial charge in [0.2, 0.25) is 11.8 Å². The summed E-state index contributed by atoms with van der Waals surface area (Å²) < 4.78 is 28.5. The van der Waals surface area contributed by atoms with Gasteiger partial charge in [0, 0.05) is 13.1 Å². The molecule has 9 heteroatoms. The van der Waals surface area contributed by atoms with Gasteiger partial charge in [-0.15, -0.1) is 0 Å². The molecule has 3 aromatic carbocycles. The maximum Gasteiger partial charge on any atom is 0.264 e. The average Bonchev–Trinajstić information content (AvgIpc) is 2.90. The van der Waals surface area contributed by atoms with Crippen LogP contribution in [0.25, 0.3) is 0 Å². The molecule has 1 unspecified atom stereocenters. The summed E-state index contributed by atoms with van der Waals surface area (Å²) in [6, 6.07) is 21.1. The van der Waals surface area contributed by atoms with Crippen LogP contribution in [-0.2, 0) is 26.2 Å². The van der Waals surface area contributed by atoms with Crippen LogP contribution in [0.4, 0.5) is 5.69 Å². The molecule has 202 valence electrons. The molecule has 38 heavy (non-hydrogen) atoms. The van der Waals surface area contributed by atoms with Crippen LogP contribution in [0.5, 0.6) is 0 Å². The Balaban J connectivity index is 2.00. The van der Waals surface area contributed by atoms with Crippen molar-refractivity contribution in [2.24, 2.45) is 5.92 Å². The van der Waals surface area contributed by atoms with Crippen LogP contribution in [0.15, 0.2) is 83.8 Å². The molecule has 1 N–H and O–H groups in total. The molecular formula is C29H34ClN3O4S. The number of hydrogen-bond donors (Lipinski definition) is 1. The lowest BCUT2D eigenvalue weighted by Gasteiger charge is -2.32. The first-order valence-electron chi connectivity index (χ1n) is 12.5. The van der Waals surface area contributed by atoms with Crippen molar-refractivity contribution < 1.29 is 18.0 Å². The first-order chi connectivity index (χ1) is 18.0. The number of para-hydroxylation sites is 1. The minimum absolute atomic E-state index is 0.0283. The summed E-state index contributed by atoms with van der Waals surface area (Å²) in [6.07, 6.45) is 0. The Morgan fingerprint density at radius 2 is 1.50 bits per heavy atom. The number of rotatable bonds is 11. The van der Waals surface area contributed by atoms with Crippen LogP contribution in [-0.4, -0.2) is 44.3 Å². The Morgan fingerprint density at radius 3 is 2.11 bits per heavy atom. The second-order valence-electron chi connectivity index (χ2n) is 9.60. The Bertz CT molecular complexity index is 1350. The van der Waals surface area contributed by atoms with Crippen molar-refractivity contribution in [1.29, 1.82) is 0 Å². The van der Waals surface area contributed by atoms with E-state index in [4.69, 9.17) is 11.6 Å². The number of anilines is 1. The third-order valence-electron chi connectivity index (χ3n) is 6.06. The predicted octanol–water partition coefficient (Wildman–Crippen LogP) is 5.03. The number of aryl methyl sites for hydroxylation is 1. The maximum absolute atomic E-state index is 13.9. The van der Waals surface area contributed by atoms with Crippen molar-refractivity contribution in [2.45, 2.75) is 45.2 Å². The second kappa shape index (κ2) is 12.9. The van der Waals surface area contributed by atoms with Crippen molar-refractivity contribution in [3.63, 3.8) is 0 Å². The summed E-state index contributed by atoms with van der Waals surface area (Å²) in [5.74, 6) is -0.606. The molecule has 0 aliphatic rings. The molecule has 0 heterocycles. The Kier molecular flexibility index (Phi) is 9.94. The molecular weight excluding hydrogens is 522 g/mol. The van der Waals surface area contributed by atoms with Crippen molar-refractivity contribution in [3.8, 4) is 0 Å². The quantitative estimate of drug-likeness (QED) is 0.359. The van der Waals surface area contributed by atoms with Gasteiger partial charge in [-0.05, 0) is 49.6 Å². The largest absolute Gasteiger partial charge is 0.354 e. The van der Waals surface area contributed by atoms with Gasteiger partial charge in [-0.1, -0.05) is 85.6 Å². The minimum Gasteiger partial charge on any atom is -0.354 e. The van der Waals surface area contributed by atoms with E-state index in [9.17, 15) is 18.0 Å². The van der Waals surface area contributed by atoms with Gasteiger partial charge in [0.25, 0.3) is 10.0 Å². The van der Waals surface area contributed by atoms with Crippen molar-refractivity contribution in [1.82, 2.24) is 10.2 Å². The summed E-state index contributed by atoms with van der Waals surface area (Å²) in [5.41, 5.74) is 2.06. The first-order valence-corrected chi connectivity index (χ1v) is 14.3. The number of halogens is 1. The average molecular weight is 556 g/mol. The van der Waals surface area contributed by atoms with Gasteiger partial charge in [0.05, 0.1) is 15.6 Å². The van der Waals surface area contributed by atoms with E-state index in [1.807, 2.05) is 45.0 Å². The number of nitrogens with one attached hydrogen (secondary N) is 1. The molecule has 0 aromatic heterocycles. The first kappa shape index (κ1) is 29.2. The van der Waals surface area contributed by atoms with Crippen molar-refractivity contribution in [2.75, 3.05) is 17.4 Å². The fourth-order valence-electron chi connectivity index (χ4n) is 3.81. The highest BCUT2D eigenvalue weighted by molar-refractivity contribution is 7.92. The van der Waals surface area contributed by atoms with Gasteiger partial charge >= 0.3 is 0 Å². The van der Waals surface area contributed by atoms with Crippen molar-refractivity contribution >= 4 is 39.1 Å². The highest BCUT2D eigenvalue weighted by Gasteiger charge is 2.33.